The van der Waals surface area contributed by atoms with E-state index in [2.05, 4.69) is 30.4 Å². The fourth-order valence-electron chi connectivity index (χ4n) is 6.15. The van der Waals surface area contributed by atoms with E-state index in [1.165, 1.54) is 18.5 Å². The number of benzene rings is 3. The summed E-state index contributed by atoms with van der Waals surface area (Å²) in [6.45, 7) is 3.89. The molecule has 1 atom stereocenters. The first-order chi connectivity index (χ1) is 23.8. The molecule has 49 heavy (non-hydrogen) atoms. The highest BCUT2D eigenvalue weighted by molar-refractivity contribution is 6.01. The molecule has 0 spiro atoms. The van der Waals surface area contributed by atoms with Crippen LogP contribution in [-0.4, -0.2) is 101 Å². The number of fused-ring (bicyclic) bond motifs is 1. The number of nitrogens with one attached hydrogen (secondary N) is 2. The zero-order valence-electron chi connectivity index (χ0n) is 27.3. The molecule has 2 N–H and O–H groups in total. The SMILES string of the molecule is CN(C)[C@@H]1CCN(C(=O)c2ccc(NC(=O)Nc3ccc(-c4nc(N5CCOCC5)c5ccc(-c6cncnc6)cc5n4)cc3F)cc2)C1. The fourth-order valence-corrected chi connectivity index (χ4v) is 6.15. The van der Waals surface area contributed by atoms with Gasteiger partial charge < -0.3 is 30.1 Å². The number of likely N-dealkylation sites (tertiary alicyclic amines) is 1. The van der Waals surface area contributed by atoms with E-state index in [0.717, 1.165) is 28.8 Å². The van der Waals surface area contributed by atoms with Gasteiger partial charge in [0, 0.05) is 72.4 Å². The molecule has 0 unspecified atom stereocenters. The minimum atomic E-state index is -0.637. The Kier molecular flexibility index (Phi) is 9.09. The van der Waals surface area contributed by atoms with E-state index in [1.54, 1.807) is 42.7 Å². The molecule has 2 saturated heterocycles. The third kappa shape index (κ3) is 7.03. The summed E-state index contributed by atoms with van der Waals surface area (Å²) in [5.41, 5.74) is 3.92. The third-order valence-electron chi connectivity index (χ3n) is 8.93. The van der Waals surface area contributed by atoms with Gasteiger partial charge in [-0.3, -0.25) is 4.79 Å². The molecule has 7 rings (SSSR count). The summed E-state index contributed by atoms with van der Waals surface area (Å²) < 4.78 is 21.0. The number of rotatable bonds is 7. The fraction of sp³-hybridized carbons (Fsp3) is 0.278. The van der Waals surface area contributed by atoms with Crippen LogP contribution in [0, 0.1) is 5.82 Å². The van der Waals surface area contributed by atoms with Crippen LogP contribution in [0.1, 0.15) is 16.8 Å². The van der Waals surface area contributed by atoms with Crippen molar-refractivity contribution in [3.63, 3.8) is 0 Å². The lowest BCUT2D eigenvalue weighted by molar-refractivity contribution is 0.0783. The van der Waals surface area contributed by atoms with E-state index in [1.807, 2.05) is 37.2 Å². The molecule has 250 valence electrons. The number of anilines is 3. The highest BCUT2D eigenvalue weighted by Gasteiger charge is 2.28. The number of amides is 3. The Balaban J connectivity index is 1.08. The number of nitrogens with zero attached hydrogens (tertiary/aromatic N) is 7. The zero-order valence-corrected chi connectivity index (χ0v) is 27.3. The number of likely N-dealkylation sites (N-methyl/N-ethyl adjacent to an activating group) is 1. The Morgan fingerprint density at radius 3 is 2.35 bits per heavy atom. The first kappa shape index (κ1) is 32.0. The highest BCUT2D eigenvalue weighted by Crippen LogP contribution is 2.32. The third-order valence-corrected chi connectivity index (χ3v) is 8.93. The smallest absolute Gasteiger partial charge is 0.323 e. The molecule has 3 amide bonds. The van der Waals surface area contributed by atoms with E-state index in [-0.39, 0.29) is 11.6 Å². The summed E-state index contributed by atoms with van der Waals surface area (Å²) in [6.07, 6.45) is 5.89. The predicted octanol–water partition coefficient (Wildman–Crippen LogP) is 5.15. The highest BCUT2D eigenvalue weighted by atomic mass is 19.1. The van der Waals surface area contributed by atoms with Crippen LogP contribution in [0.5, 0.6) is 0 Å². The van der Waals surface area contributed by atoms with Crippen molar-refractivity contribution in [3.05, 3.63) is 90.8 Å². The quantitative estimate of drug-likeness (QED) is 0.243. The van der Waals surface area contributed by atoms with E-state index in [0.29, 0.717) is 73.6 Å². The van der Waals surface area contributed by atoms with Gasteiger partial charge in [-0.15, -0.1) is 0 Å². The summed E-state index contributed by atoms with van der Waals surface area (Å²) >= 11 is 0. The Bertz CT molecular complexity index is 1990. The molecule has 0 aliphatic carbocycles. The van der Waals surface area contributed by atoms with Gasteiger partial charge in [0.1, 0.15) is 18.0 Å². The lowest BCUT2D eigenvalue weighted by Gasteiger charge is -2.29. The van der Waals surface area contributed by atoms with Crippen LogP contribution in [-0.2, 0) is 4.74 Å². The number of hydrogen-bond donors (Lipinski definition) is 2. The number of hydrogen-bond acceptors (Lipinski definition) is 9. The Morgan fingerprint density at radius 1 is 0.878 bits per heavy atom. The van der Waals surface area contributed by atoms with Gasteiger partial charge in [-0.05, 0) is 80.7 Å². The largest absolute Gasteiger partial charge is 0.378 e. The standard InChI is InChI=1S/C36H36FN9O3/c1-44(2)28-11-12-46(21-28)35(47)23-3-7-27(8-4-23)40-36(48)42-31-10-6-25(17-30(31)37)33-41-32-18-24(26-19-38-22-39-20-26)5-9-29(32)34(43-33)45-13-15-49-16-14-45/h3-10,17-20,22,28H,11-16,21H2,1-2H3,(H2,40,42,48)/t28-/m1/s1. The number of morpholine rings is 1. The molecule has 13 heteroatoms. The van der Waals surface area contributed by atoms with Gasteiger partial charge in [-0.25, -0.2) is 29.1 Å². The number of carbonyl (C=O) groups excluding carboxylic acids is 2. The summed E-state index contributed by atoms with van der Waals surface area (Å²) in [5, 5.41) is 6.15. The maximum atomic E-state index is 15.5. The van der Waals surface area contributed by atoms with Crippen LogP contribution in [0.2, 0.25) is 0 Å². The molecule has 0 saturated carbocycles. The van der Waals surface area contributed by atoms with Gasteiger partial charge in [0.2, 0.25) is 0 Å². The molecular weight excluding hydrogens is 625 g/mol. The molecule has 2 fully saturated rings. The number of aromatic nitrogens is 4. The minimum Gasteiger partial charge on any atom is -0.378 e. The second kappa shape index (κ2) is 13.9. The summed E-state index contributed by atoms with van der Waals surface area (Å²) in [5.74, 6) is 0.418. The van der Waals surface area contributed by atoms with Gasteiger partial charge in [-0.1, -0.05) is 6.07 Å². The Labute approximate surface area is 283 Å². The molecule has 2 aliphatic rings. The molecule has 5 aromatic rings. The van der Waals surface area contributed by atoms with Gasteiger partial charge in [0.25, 0.3) is 5.91 Å². The Morgan fingerprint density at radius 2 is 1.63 bits per heavy atom. The summed E-state index contributed by atoms with van der Waals surface area (Å²) in [6, 6.07) is 16.8. The maximum Gasteiger partial charge on any atom is 0.323 e. The zero-order chi connectivity index (χ0) is 33.9. The van der Waals surface area contributed by atoms with Crippen LogP contribution in [0.4, 0.5) is 26.4 Å². The molecule has 4 heterocycles. The lowest BCUT2D eigenvalue weighted by atomic mass is 10.1. The van der Waals surface area contributed by atoms with Crippen molar-refractivity contribution in [2.24, 2.45) is 0 Å². The predicted molar refractivity (Wildman–Crippen MR) is 186 cm³/mol. The van der Waals surface area contributed by atoms with E-state index in [9.17, 15) is 9.59 Å². The normalized spacial score (nSPS) is 16.3. The van der Waals surface area contributed by atoms with Gasteiger partial charge in [0.05, 0.1) is 24.4 Å². The summed E-state index contributed by atoms with van der Waals surface area (Å²) in [7, 11) is 4.04. The van der Waals surface area contributed by atoms with E-state index < -0.39 is 11.8 Å². The number of carbonyl (C=O) groups is 2. The topological polar surface area (TPSA) is 129 Å². The van der Waals surface area contributed by atoms with Crippen molar-refractivity contribution in [2.75, 3.05) is 69.0 Å². The number of ether oxygens (including phenoxy) is 1. The average molecular weight is 662 g/mol. The molecule has 0 bridgehead atoms. The first-order valence-electron chi connectivity index (χ1n) is 16.2. The second-order valence-corrected chi connectivity index (χ2v) is 12.3. The van der Waals surface area contributed by atoms with Crippen molar-refractivity contribution in [2.45, 2.75) is 12.5 Å². The van der Waals surface area contributed by atoms with Crippen LogP contribution in [0.25, 0.3) is 33.4 Å². The number of halogens is 1. The van der Waals surface area contributed by atoms with Gasteiger partial charge in [-0.2, -0.15) is 0 Å². The van der Waals surface area contributed by atoms with Crippen molar-refractivity contribution in [1.29, 1.82) is 0 Å². The maximum absolute atomic E-state index is 15.5. The second-order valence-electron chi connectivity index (χ2n) is 12.3. The summed E-state index contributed by atoms with van der Waals surface area (Å²) in [4.78, 5) is 49.8. The molecule has 0 radical (unpaired) electrons. The Hall–Kier alpha value is -5.53. The van der Waals surface area contributed by atoms with E-state index in [4.69, 9.17) is 14.7 Å². The lowest BCUT2D eigenvalue weighted by Crippen LogP contribution is -2.37. The van der Waals surface area contributed by atoms with Gasteiger partial charge in [0.15, 0.2) is 5.82 Å². The van der Waals surface area contributed by atoms with Gasteiger partial charge >= 0.3 is 6.03 Å². The van der Waals surface area contributed by atoms with E-state index >= 15 is 4.39 Å². The van der Waals surface area contributed by atoms with Crippen LogP contribution in [0.15, 0.2) is 79.4 Å². The van der Waals surface area contributed by atoms with Crippen LogP contribution < -0.4 is 15.5 Å². The molecular formula is C36H36FN9O3. The monoisotopic (exact) mass is 661 g/mol. The first-order valence-corrected chi connectivity index (χ1v) is 16.2. The minimum absolute atomic E-state index is 0.00177. The molecule has 2 aliphatic heterocycles. The van der Waals surface area contributed by atoms with Crippen molar-refractivity contribution < 1.29 is 18.7 Å². The average Bonchev–Trinajstić information content (AvgIpc) is 3.64. The van der Waals surface area contributed by atoms with Crippen molar-refractivity contribution >= 4 is 40.0 Å². The van der Waals surface area contributed by atoms with Crippen molar-refractivity contribution in [3.8, 4) is 22.5 Å². The van der Waals surface area contributed by atoms with Crippen molar-refractivity contribution in [1.82, 2.24) is 29.7 Å². The van der Waals surface area contributed by atoms with Crippen LogP contribution >= 0.6 is 0 Å². The molecule has 2 aromatic heterocycles. The molecule has 12 nitrogen and oxygen atoms in total. The van der Waals surface area contributed by atoms with Crippen LogP contribution in [0.3, 0.4) is 0 Å². The number of urea groups is 1. The molecule has 3 aromatic carbocycles.